The fraction of sp³-hybridized carbons (Fsp3) is 0.292. The lowest BCUT2D eigenvalue weighted by Crippen LogP contribution is -2.26. The van der Waals surface area contributed by atoms with Gasteiger partial charge in [0.25, 0.3) is 5.91 Å². The number of fused-ring (bicyclic) bond motifs is 1. The highest BCUT2D eigenvalue weighted by Gasteiger charge is 2.18. The molecule has 3 nitrogen and oxygen atoms in total. The van der Waals surface area contributed by atoms with E-state index in [1.807, 2.05) is 49.4 Å². The highest BCUT2D eigenvalue weighted by molar-refractivity contribution is 5.94. The maximum atomic E-state index is 12.6. The van der Waals surface area contributed by atoms with E-state index in [0.29, 0.717) is 5.56 Å². The molecule has 2 aromatic carbocycles. The number of hydrogen-bond donors (Lipinski definition) is 1. The Morgan fingerprint density at radius 1 is 1.00 bits per heavy atom. The van der Waals surface area contributed by atoms with E-state index in [0.717, 1.165) is 17.7 Å². The number of nitrogens with zero attached hydrogens (tertiary/aromatic N) is 1. The van der Waals surface area contributed by atoms with Gasteiger partial charge in [-0.3, -0.25) is 4.79 Å². The van der Waals surface area contributed by atoms with Crippen LogP contribution in [0.25, 0.3) is 5.69 Å². The Hall–Kier alpha value is -2.81. The summed E-state index contributed by atoms with van der Waals surface area (Å²) in [6, 6.07) is 20.3. The van der Waals surface area contributed by atoms with Gasteiger partial charge in [-0.2, -0.15) is 0 Å². The second kappa shape index (κ2) is 7.43. The van der Waals surface area contributed by atoms with E-state index in [9.17, 15) is 4.79 Å². The molecule has 1 heterocycles. The third kappa shape index (κ3) is 3.55. The zero-order valence-electron chi connectivity index (χ0n) is 16.0. The second-order valence-electron chi connectivity index (χ2n) is 7.45. The summed E-state index contributed by atoms with van der Waals surface area (Å²) >= 11 is 0. The van der Waals surface area contributed by atoms with Crippen LogP contribution in [0.2, 0.25) is 0 Å². The van der Waals surface area contributed by atoms with E-state index < -0.39 is 0 Å². The van der Waals surface area contributed by atoms with Gasteiger partial charge in [-0.05, 0) is 81.0 Å². The van der Waals surface area contributed by atoms with Gasteiger partial charge >= 0.3 is 0 Å². The highest BCUT2D eigenvalue weighted by atomic mass is 16.1. The van der Waals surface area contributed by atoms with Crippen LogP contribution in [0.1, 0.15) is 58.7 Å². The Balaban J connectivity index is 1.53. The van der Waals surface area contributed by atoms with Crippen molar-refractivity contribution in [1.82, 2.24) is 9.88 Å². The van der Waals surface area contributed by atoms with Crippen molar-refractivity contribution in [3.63, 3.8) is 0 Å². The first kappa shape index (κ1) is 17.6. The number of benzene rings is 2. The smallest absolute Gasteiger partial charge is 0.251 e. The average molecular weight is 358 g/mol. The maximum Gasteiger partial charge on any atom is 0.251 e. The predicted molar refractivity (Wildman–Crippen MR) is 109 cm³/mol. The first-order chi connectivity index (χ1) is 13.1. The van der Waals surface area contributed by atoms with Crippen LogP contribution in [0.4, 0.5) is 0 Å². The van der Waals surface area contributed by atoms with Crippen LogP contribution in [0.5, 0.6) is 0 Å². The quantitative estimate of drug-likeness (QED) is 0.687. The molecule has 3 heteroatoms. The molecular weight excluding hydrogens is 332 g/mol. The van der Waals surface area contributed by atoms with Gasteiger partial charge in [0.2, 0.25) is 0 Å². The summed E-state index contributed by atoms with van der Waals surface area (Å²) in [6.45, 7) is 4.18. The standard InChI is InChI=1S/C24H26N2O/c1-17-16-21-10-6-7-11-23(21)26(17)22-14-12-20(13-15-22)24(27)25-18(2)19-8-4-3-5-9-19/h3-5,8-9,12-16,18H,6-7,10-11H2,1-2H3,(H,25,27)/t18-/m0/s1. The molecule has 0 spiro atoms. The molecule has 0 saturated heterocycles. The summed E-state index contributed by atoms with van der Waals surface area (Å²) in [5.41, 5.74) is 7.14. The van der Waals surface area contributed by atoms with Crippen LogP contribution in [-0.4, -0.2) is 10.5 Å². The van der Waals surface area contributed by atoms with Crippen LogP contribution in [0.3, 0.4) is 0 Å². The van der Waals surface area contributed by atoms with Gasteiger partial charge in [-0.1, -0.05) is 30.3 Å². The molecule has 1 aliphatic carbocycles. The van der Waals surface area contributed by atoms with Crippen molar-refractivity contribution in [2.75, 3.05) is 0 Å². The van der Waals surface area contributed by atoms with Crippen LogP contribution in [-0.2, 0) is 12.8 Å². The van der Waals surface area contributed by atoms with Crippen LogP contribution >= 0.6 is 0 Å². The van der Waals surface area contributed by atoms with Crippen LogP contribution in [0, 0.1) is 6.92 Å². The van der Waals surface area contributed by atoms with E-state index in [-0.39, 0.29) is 11.9 Å². The van der Waals surface area contributed by atoms with Gasteiger partial charge in [0, 0.05) is 22.6 Å². The zero-order valence-corrected chi connectivity index (χ0v) is 16.0. The highest BCUT2D eigenvalue weighted by Crippen LogP contribution is 2.28. The molecule has 1 aliphatic rings. The minimum atomic E-state index is -0.0378. The molecule has 0 bridgehead atoms. The van der Waals surface area contributed by atoms with E-state index in [1.165, 1.54) is 36.2 Å². The van der Waals surface area contributed by atoms with Gasteiger partial charge in [-0.15, -0.1) is 0 Å². The lowest BCUT2D eigenvalue weighted by atomic mass is 9.98. The van der Waals surface area contributed by atoms with Gasteiger partial charge < -0.3 is 9.88 Å². The molecule has 0 saturated carbocycles. The van der Waals surface area contributed by atoms with Crippen molar-refractivity contribution in [3.05, 3.63) is 88.7 Å². The minimum absolute atomic E-state index is 0.0166. The molecule has 4 rings (SSSR count). The first-order valence-corrected chi connectivity index (χ1v) is 9.80. The number of aryl methyl sites for hydroxylation is 2. The molecule has 0 radical (unpaired) electrons. The summed E-state index contributed by atoms with van der Waals surface area (Å²) in [6.07, 6.45) is 4.87. The number of aromatic nitrogens is 1. The Bertz CT molecular complexity index is 939. The maximum absolute atomic E-state index is 12.6. The summed E-state index contributed by atoms with van der Waals surface area (Å²) in [4.78, 5) is 12.6. The second-order valence-corrected chi connectivity index (χ2v) is 7.45. The molecule has 3 aromatic rings. The number of amides is 1. The number of hydrogen-bond acceptors (Lipinski definition) is 1. The minimum Gasteiger partial charge on any atom is -0.346 e. The van der Waals surface area contributed by atoms with Crippen molar-refractivity contribution >= 4 is 5.91 Å². The molecule has 0 fully saturated rings. The van der Waals surface area contributed by atoms with Crippen molar-refractivity contribution in [1.29, 1.82) is 0 Å². The normalized spacial score (nSPS) is 14.4. The molecule has 1 aromatic heterocycles. The summed E-state index contributed by atoms with van der Waals surface area (Å²) in [7, 11) is 0. The molecule has 138 valence electrons. The topological polar surface area (TPSA) is 34.0 Å². The van der Waals surface area contributed by atoms with E-state index in [4.69, 9.17) is 0 Å². The molecule has 1 atom stereocenters. The van der Waals surface area contributed by atoms with Gasteiger partial charge in [0.05, 0.1) is 6.04 Å². The lowest BCUT2D eigenvalue weighted by molar-refractivity contribution is 0.0940. The number of carbonyl (C=O) groups excluding carboxylic acids is 1. The van der Waals surface area contributed by atoms with Crippen LogP contribution in [0.15, 0.2) is 60.7 Å². The van der Waals surface area contributed by atoms with Crippen molar-refractivity contribution in [2.45, 2.75) is 45.6 Å². The van der Waals surface area contributed by atoms with Crippen molar-refractivity contribution in [2.24, 2.45) is 0 Å². The summed E-state index contributed by atoms with van der Waals surface area (Å²) in [5, 5.41) is 3.08. The van der Waals surface area contributed by atoms with Gasteiger partial charge in [-0.25, -0.2) is 0 Å². The zero-order chi connectivity index (χ0) is 18.8. The molecular formula is C24H26N2O. The largest absolute Gasteiger partial charge is 0.346 e. The predicted octanol–water partition coefficient (Wildman–Crippen LogP) is 5.16. The van der Waals surface area contributed by atoms with Gasteiger partial charge in [0.1, 0.15) is 0 Å². The molecule has 1 amide bonds. The lowest BCUT2D eigenvalue weighted by Gasteiger charge is -2.17. The third-order valence-corrected chi connectivity index (χ3v) is 5.52. The number of nitrogens with one attached hydrogen (secondary N) is 1. The first-order valence-electron chi connectivity index (χ1n) is 9.80. The fourth-order valence-electron chi connectivity index (χ4n) is 4.08. The SMILES string of the molecule is Cc1cc2c(n1-c1ccc(C(=O)N[C@@H](C)c3ccccc3)cc1)CCCC2. The average Bonchev–Trinajstić information content (AvgIpc) is 3.04. The van der Waals surface area contributed by atoms with Crippen molar-refractivity contribution in [3.8, 4) is 5.69 Å². The van der Waals surface area contributed by atoms with Crippen molar-refractivity contribution < 1.29 is 4.79 Å². The molecule has 27 heavy (non-hydrogen) atoms. The molecule has 1 N–H and O–H groups in total. The Labute approximate surface area is 161 Å². The molecule has 0 aliphatic heterocycles. The van der Waals surface area contributed by atoms with E-state index >= 15 is 0 Å². The van der Waals surface area contributed by atoms with E-state index in [1.54, 1.807) is 0 Å². The Morgan fingerprint density at radius 2 is 1.70 bits per heavy atom. The fourth-order valence-corrected chi connectivity index (χ4v) is 4.08. The summed E-state index contributed by atoms with van der Waals surface area (Å²) in [5.74, 6) is -0.0378. The third-order valence-electron chi connectivity index (χ3n) is 5.52. The summed E-state index contributed by atoms with van der Waals surface area (Å²) < 4.78 is 2.35. The Kier molecular flexibility index (Phi) is 4.85. The van der Waals surface area contributed by atoms with Crippen LogP contribution < -0.4 is 5.32 Å². The number of rotatable bonds is 4. The molecule has 0 unspecified atom stereocenters. The van der Waals surface area contributed by atoms with Gasteiger partial charge in [0.15, 0.2) is 0 Å². The number of carbonyl (C=O) groups is 1. The monoisotopic (exact) mass is 358 g/mol. The Morgan fingerprint density at radius 3 is 2.44 bits per heavy atom. The van der Waals surface area contributed by atoms with E-state index in [2.05, 4.69) is 35.0 Å².